The average Bonchev–Trinajstić information content (AvgIpc) is 3.24. The van der Waals surface area contributed by atoms with Crippen molar-refractivity contribution in [2.45, 2.75) is 18.9 Å². The Hall–Kier alpha value is -2.64. The molecule has 2 N–H and O–H groups in total. The Morgan fingerprint density at radius 1 is 1.30 bits per heavy atom. The number of aromatic nitrogens is 2. The van der Waals surface area contributed by atoms with Crippen LogP contribution in [-0.2, 0) is 6.54 Å². The van der Waals surface area contributed by atoms with E-state index in [1.54, 1.807) is 0 Å². The summed E-state index contributed by atoms with van der Waals surface area (Å²) in [5.74, 6) is 1.27. The van der Waals surface area contributed by atoms with Crippen molar-refractivity contribution in [2.24, 2.45) is 5.92 Å². The van der Waals surface area contributed by atoms with Crippen LogP contribution in [0.2, 0.25) is 0 Å². The van der Waals surface area contributed by atoms with E-state index in [-0.39, 0.29) is 0 Å². The summed E-state index contributed by atoms with van der Waals surface area (Å²) in [4.78, 5) is 11.2. The van der Waals surface area contributed by atoms with Gasteiger partial charge in [-0.05, 0) is 60.0 Å². The monoisotopic (exact) mass is 302 g/mol. The minimum atomic E-state index is 0.598. The molecule has 0 bridgehead atoms. The van der Waals surface area contributed by atoms with Gasteiger partial charge in [0.15, 0.2) is 5.69 Å². The first-order chi connectivity index (χ1) is 11.3. The summed E-state index contributed by atoms with van der Waals surface area (Å²) in [6.07, 6.45) is 5.16. The number of hydrogen-bond acceptors (Lipinski definition) is 2. The number of nitrogens with one attached hydrogen (secondary N) is 2. The topological polar surface area (TPSA) is 45.1 Å². The summed E-state index contributed by atoms with van der Waals surface area (Å²) in [6.45, 7) is 9.01. The Labute approximate surface area is 135 Å². The molecule has 4 heteroatoms. The van der Waals surface area contributed by atoms with Crippen molar-refractivity contribution in [3.63, 3.8) is 0 Å². The third-order valence-corrected chi connectivity index (χ3v) is 4.59. The van der Waals surface area contributed by atoms with E-state index in [4.69, 9.17) is 6.57 Å². The van der Waals surface area contributed by atoms with E-state index in [1.807, 2.05) is 42.6 Å². The number of benzene rings is 1. The van der Waals surface area contributed by atoms with E-state index in [1.165, 1.54) is 17.4 Å². The van der Waals surface area contributed by atoms with Crippen LogP contribution in [0.5, 0.6) is 0 Å². The summed E-state index contributed by atoms with van der Waals surface area (Å²) in [5, 5.41) is 4.71. The zero-order chi connectivity index (χ0) is 15.6. The Morgan fingerprint density at radius 3 is 3.09 bits per heavy atom. The van der Waals surface area contributed by atoms with Gasteiger partial charge in [-0.1, -0.05) is 12.1 Å². The normalized spacial score (nSPS) is 19.6. The van der Waals surface area contributed by atoms with Crippen LogP contribution in [0, 0.1) is 12.5 Å². The second-order valence-corrected chi connectivity index (χ2v) is 6.14. The second-order valence-electron chi connectivity index (χ2n) is 6.14. The van der Waals surface area contributed by atoms with Crippen LogP contribution < -0.4 is 5.32 Å². The highest BCUT2D eigenvalue weighted by atomic mass is 14.9. The zero-order valence-corrected chi connectivity index (χ0v) is 12.8. The first kappa shape index (κ1) is 14.0. The fourth-order valence-electron chi connectivity index (χ4n) is 3.25. The van der Waals surface area contributed by atoms with Crippen LogP contribution in [0.25, 0.3) is 15.7 Å². The molecule has 2 aromatic heterocycles. The van der Waals surface area contributed by atoms with Gasteiger partial charge in [0.1, 0.15) is 0 Å². The number of nitrogens with zero attached hydrogens (tertiary/aromatic N) is 2. The van der Waals surface area contributed by atoms with Crippen LogP contribution in [0.15, 0.2) is 48.8 Å². The van der Waals surface area contributed by atoms with Gasteiger partial charge in [0.2, 0.25) is 0 Å². The Kier molecular flexibility index (Phi) is 3.57. The average molecular weight is 302 g/mol. The zero-order valence-electron chi connectivity index (χ0n) is 12.8. The van der Waals surface area contributed by atoms with Crippen LogP contribution in [-0.4, -0.2) is 16.5 Å². The summed E-state index contributed by atoms with van der Waals surface area (Å²) in [7, 11) is 0. The quantitative estimate of drug-likeness (QED) is 0.700. The third-order valence-electron chi connectivity index (χ3n) is 4.59. The summed E-state index contributed by atoms with van der Waals surface area (Å²) in [5.41, 5.74) is 4.27. The summed E-state index contributed by atoms with van der Waals surface area (Å²) < 4.78 is 0. The molecule has 114 valence electrons. The molecule has 0 aliphatic heterocycles. The lowest BCUT2D eigenvalue weighted by Crippen LogP contribution is -2.17. The molecule has 23 heavy (non-hydrogen) atoms. The van der Waals surface area contributed by atoms with Crippen molar-refractivity contribution in [3.8, 4) is 0 Å². The van der Waals surface area contributed by atoms with Gasteiger partial charge in [0.25, 0.3) is 0 Å². The first-order valence-corrected chi connectivity index (χ1v) is 7.94. The highest BCUT2D eigenvalue weighted by Crippen LogP contribution is 2.49. The maximum absolute atomic E-state index is 7.18. The lowest BCUT2D eigenvalue weighted by atomic mass is 10.1. The van der Waals surface area contributed by atoms with Gasteiger partial charge in [0.05, 0.1) is 12.3 Å². The van der Waals surface area contributed by atoms with E-state index in [0.29, 0.717) is 17.5 Å². The standard InChI is InChI=1S/C19H18N4/c1-20-14-5-6-19-17(9-14)18(12-23-19)16-8-13(16)10-21-11-15-4-2-3-7-22-15/h2-7,9,12-13,16,21,23H,8,10-11H2. The fraction of sp³-hybridized carbons (Fsp3) is 0.263. The van der Waals surface area contributed by atoms with Crippen molar-refractivity contribution in [1.82, 2.24) is 15.3 Å². The Morgan fingerprint density at radius 2 is 2.26 bits per heavy atom. The van der Waals surface area contributed by atoms with Crippen molar-refractivity contribution in [1.29, 1.82) is 0 Å². The molecule has 3 aromatic rings. The SMILES string of the molecule is [C-]#[N+]c1ccc2[nH]cc(C3CC3CNCc3ccccn3)c2c1. The molecule has 2 unspecified atom stereocenters. The third kappa shape index (κ3) is 2.84. The molecular formula is C19H18N4. The van der Waals surface area contributed by atoms with Gasteiger partial charge in [-0.15, -0.1) is 0 Å². The summed E-state index contributed by atoms with van der Waals surface area (Å²) >= 11 is 0. The highest BCUT2D eigenvalue weighted by Gasteiger charge is 2.39. The molecule has 4 nitrogen and oxygen atoms in total. The maximum Gasteiger partial charge on any atom is 0.187 e. The van der Waals surface area contributed by atoms with Crippen LogP contribution in [0.1, 0.15) is 23.6 Å². The van der Waals surface area contributed by atoms with E-state index in [2.05, 4.69) is 26.3 Å². The van der Waals surface area contributed by atoms with Gasteiger partial charge in [-0.2, -0.15) is 0 Å². The van der Waals surface area contributed by atoms with E-state index in [0.717, 1.165) is 24.3 Å². The number of rotatable bonds is 5. The molecule has 1 aromatic carbocycles. The van der Waals surface area contributed by atoms with Crippen LogP contribution >= 0.6 is 0 Å². The first-order valence-electron chi connectivity index (χ1n) is 7.94. The molecule has 1 saturated carbocycles. The van der Waals surface area contributed by atoms with E-state index < -0.39 is 0 Å². The number of pyridine rings is 1. The van der Waals surface area contributed by atoms with Crippen molar-refractivity contribution in [3.05, 3.63) is 71.5 Å². The number of H-pyrrole nitrogens is 1. The minimum absolute atomic E-state index is 0.598. The lowest BCUT2D eigenvalue weighted by molar-refractivity contribution is 0.620. The fourth-order valence-corrected chi connectivity index (χ4v) is 3.25. The number of aromatic amines is 1. The second kappa shape index (κ2) is 5.86. The molecule has 1 aliphatic rings. The molecule has 1 fully saturated rings. The maximum atomic E-state index is 7.18. The van der Waals surface area contributed by atoms with Crippen LogP contribution in [0.4, 0.5) is 5.69 Å². The van der Waals surface area contributed by atoms with E-state index >= 15 is 0 Å². The molecule has 0 amide bonds. The molecule has 4 rings (SSSR count). The minimum Gasteiger partial charge on any atom is -0.361 e. The molecule has 0 saturated heterocycles. The van der Waals surface area contributed by atoms with Gasteiger partial charge < -0.3 is 10.3 Å². The van der Waals surface area contributed by atoms with Gasteiger partial charge in [-0.25, -0.2) is 4.85 Å². The summed E-state index contributed by atoms with van der Waals surface area (Å²) in [6, 6.07) is 11.9. The molecule has 0 radical (unpaired) electrons. The number of hydrogen-bond donors (Lipinski definition) is 2. The Bertz CT molecular complexity index is 860. The largest absolute Gasteiger partial charge is 0.361 e. The molecule has 1 aliphatic carbocycles. The highest BCUT2D eigenvalue weighted by molar-refractivity contribution is 5.87. The Balaban J connectivity index is 1.40. The van der Waals surface area contributed by atoms with E-state index in [9.17, 15) is 0 Å². The lowest BCUT2D eigenvalue weighted by Gasteiger charge is -2.04. The predicted molar refractivity (Wildman–Crippen MR) is 91.4 cm³/mol. The smallest absolute Gasteiger partial charge is 0.187 e. The molecule has 0 spiro atoms. The number of fused-ring (bicyclic) bond motifs is 1. The van der Waals surface area contributed by atoms with Crippen LogP contribution in [0.3, 0.4) is 0 Å². The molecule has 2 atom stereocenters. The van der Waals surface area contributed by atoms with Crippen molar-refractivity contribution < 1.29 is 0 Å². The van der Waals surface area contributed by atoms with Gasteiger partial charge >= 0.3 is 0 Å². The van der Waals surface area contributed by atoms with Gasteiger partial charge in [0, 0.05) is 24.5 Å². The van der Waals surface area contributed by atoms with Gasteiger partial charge in [-0.3, -0.25) is 4.98 Å². The van der Waals surface area contributed by atoms with Crippen molar-refractivity contribution >= 4 is 16.6 Å². The van der Waals surface area contributed by atoms with Crippen molar-refractivity contribution in [2.75, 3.05) is 6.54 Å². The molecular weight excluding hydrogens is 284 g/mol. The molecule has 2 heterocycles. The predicted octanol–water partition coefficient (Wildman–Crippen LogP) is 4.01.